The zero-order chi connectivity index (χ0) is 5.11. The summed E-state index contributed by atoms with van der Waals surface area (Å²) in [6.07, 6.45) is 0. The van der Waals surface area contributed by atoms with Gasteiger partial charge in [-0.1, -0.05) is 5.21 Å². The first-order chi connectivity index (χ1) is 3.43. The third-order valence-electron chi connectivity index (χ3n) is 0.509. The highest BCUT2D eigenvalue weighted by Gasteiger charge is 1.89. The molecular formula is C2H3ClN4. The van der Waals surface area contributed by atoms with E-state index in [2.05, 4.69) is 20.6 Å². The maximum Gasteiger partial charge on any atom is 0.189 e. The highest BCUT2D eigenvalue weighted by atomic mass is 35.5. The molecule has 1 rings (SSSR count). The fraction of sp³-hybridized carbons (Fsp3) is 0.500. The van der Waals surface area contributed by atoms with Crippen LogP contribution in [-0.2, 0) is 5.88 Å². The minimum atomic E-state index is 0.316. The Morgan fingerprint density at radius 1 is 1.71 bits per heavy atom. The topological polar surface area (TPSA) is 54.5 Å². The van der Waals surface area contributed by atoms with Gasteiger partial charge in [-0.3, -0.25) is 0 Å². The number of alkyl halides is 1. The molecule has 0 saturated carbocycles. The summed E-state index contributed by atoms with van der Waals surface area (Å²) in [5, 5.41) is 12.6. The van der Waals surface area contributed by atoms with Gasteiger partial charge in [0.15, 0.2) is 5.82 Å². The molecule has 7 heavy (non-hydrogen) atoms. The Hall–Kier alpha value is -0.640. The van der Waals surface area contributed by atoms with E-state index in [9.17, 15) is 0 Å². The van der Waals surface area contributed by atoms with Crippen molar-refractivity contribution in [2.75, 3.05) is 0 Å². The number of hydrogen-bond acceptors (Lipinski definition) is 3. The molecule has 1 aromatic heterocycles. The Morgan fingerprint density at radius 3 is 2.86 bits per heavy atom. The molecule has 1 N–H and O–H groups in total. The monoisotopic (exact) mass is 118 g/mol. The number of aromatic nitrogens is 4. The van der Waals surface area contributed by atoms with Gasteiger partial charge in [-0.2, -0.15) is 5.21 Å². The lowest BCUT2D eigenvalue weighted by atomic mass is 10.8. The molecule has 1 heterocycles. The molecule has 1 aromatic rings. The summed E-state index contributed by atoms with van der Waals surface area (Å²) in [5.74, 6) is 0.845. The van der Waals surface area contributed by atoms with Crippen molar-refractivity contribution >= 4 is 11.6 Å². The lowest BCUT2D eigenvalue weighted by Crippen LogP contribution is -1.77. The first kappa shape index (κ1) is 4.52. The van der Waals surface area contributed by atoms with E-state index in [0.29, 0.717) is 11.7 Å². The molecule has 0 amide bonds. The van der Waals surface area contributed by atoms with E-state index in [0.717, 1.165) is 0 Å². The standard InChI is InChI=1S/C2H3ClN4/c3-1-2-4-6-7-5-2/h1H2,(H,4,5,6,7). The van der Waals surface area contributed by atoms with Gasteiger partial charge in [0.05, 0.1) is 5.88 Å². The van der Waals surface area contributed by atoms with E-state index in [-0.39, 0.29) is 0 Å². The molecular weight excluding hydrogens is 116 g/mol. The Kier molecular flexibility index (Phi) is 1.21. The minimum absolute atomic E-state index is 0.316. The van der Waals surface area contributed by atoms with E-state index in [1.165, 1.54) is 0 Å². The molecule has 0 aliphatic heterocycles. The Balaban J connectivity index is 2.76. The molecule has 0 aliphatic rings. The van der Waals surface area contributed by atoms with Crippen LogP contribution >= 0.6 is 11.6 Å². The van der Waals surface area contributed by atoms with Crippen molar-refractivity contribution in [2.24, 2.45) is 0 Å². The molecule has 0 spiro atoms. The third kappa shape index (κ3) is 0.866. The van der Waals surface area contributed by atoms with Crippen molar-refractivity contribution < 1.29 is 0 Å². The van der Waals surface area contributed by atoms with Crippen LogP contribution in [0.3, 0.4) is 0 Å². The van der Waals surface area contributed by atoms with Gasteiger partial charge in [0.25, 0.3) is 0 Å². The van der Waals surface area contributed by atoms with Gasteiger partial charge >= 0.3 is 0 Å². The van der Waals surface area contributed by atoms with Crippen LogP contribution in [0.15, 0.2) is 0 Å². The van der Waals surface area contributed by atoms with Gasteiger partial charge in [0, 0.05) is 0 Å². The fourth-order valence-electron chi connectivity index (χ4n) is 0.239. The molecule has 0 fully saturated rings. The molecule has 0 bridgehead atoms. The van der Waals surface area contributed by atoms with Gasteiger partial charge in [-0.05, 0) is 0 Å². The van der Waals surface area contributed by atoms with E-state index in [4.69, 9.17) is 11.6 Å². The fourth-order valence-corrected chi connectivity index (χ4v) is 0.352. The largest absolute Gasteiger partial charge is 0.189 e. The summed E-state index contributed by atoms with van der Waals surface area (Å²) < 4.78 is 0. The van der Waals surface area contributed by atoms with Crippen LogP contribution < -0.4 is 0 Å². The van der Waals surface area contributed by atoms with Crippen molar-refractivity contribution in [3.05, 3.63) is 5.82 Å². The Labute approximate surface area is 44.9 Å². The van der Waals surface area contributed by atoms with Crippen molar-refractivity contribution in [1.29, 1.82) is 0 Å². The molecule has 0 aliphatic carbocycles. The molecule has 0 radical (unpaired) electrons. The number of nitrogens with zero attached hydrogens (tertiary/aromatic N) is 3. The number of H-pyrrole nitrogens is 1. The average Bonchev–Trinajstić information content (AvgIpc) is 2.14. The van der Waals surface area contributed by atoms with Crippen LogP contribution in [0.4, 0.5) is 0 Å². The van der Waals surface area contributed by atoms with Crippen molar-refractivity contribution in [3.8, 4) is 0 Å². The molecule has 0 saturated heterocycles. The molecule has 0 unspecified atom stereocenters. The van der Waals surface area contributed by atoms with E-state index in [1.54, 1.807) is 0 Å². The highest BCUT2D eigenvalue weighted by Crippen LogP contribution is 1.87. The Morgan fingerprint density at radius 2 is 2.57 bits per heavy atom. The smallest absolute Gasteiger partial charge is 0.177 e. The summed E-state index contributed by atoms with van der Waals surface area (Å²) in [7, 11) is 0. The maximum atomic E-state index is 5.28. The number of hydrogen-bond donors (Lipinski definition) is 1. The van der Waals surface area contributed by atoms with Crippen LogP contribution in [0.25, 0.3) is 0 Å². The van der Waals surface area contributed by atoms with Gasteiger partial charge in [-0.15, -0.1) is 21.8 Å². The summed E-state index contributed by atoms with van der Waals surface area (Å²) >= 11 is 5.28. The summed E-state index contributed by atoms with van der Waals surface area (Å²) in [5.41, 5.74) is 0. The van der Waals surface area contributed by atoms with E-state index in [1.807, 2.05) is 0 Å². The predicted molar refractivity (Wildman–Crippen MR) is 23.7 cm³/mol. The molecule has 4 nitrogen and oxygen atoms in total. The average molecular weight is 119 g/mol. The van der Waals surface area contributed by atoms with Crippen LogP contribution in [0, 0.1) is 0 Å². The number of halogens is 1. The van der Waals surface area contributed by atoms with E-state index < -0.39 is 0 Å². The minimum Gasteiger partial charge on any atom is -0.177 e. The second kappa shape index (κ2) is 1.88. The maximum absolute atomic E-state index is 5.28. The number of tetrazole rings is 1. The zero-order valence-corrected chi connectivity index (χ0v) is 4.18. The third-order valence-corrected chi connectivity index (χ3v) is 0.748. The zero-order valence-electron chi connectivity index (χ0n) is 3.43. The van der Waals surface area contributed by atoms with Crippen molar-refractivity contribution in [2.45, 2.75) is 5.88 Å². The Bertz CT molecular complexity index is 124. The van der Waals surface area contributed by atoms with Crippen molar-refractivity contribution in [3.63, 3.8) is 0 Å². The normalized spacial score (nSPS) is 9.29. The quantitative estimate of drug-likeness (QED) is 0.526. The first-order valence-electron chi connectivity index (χ1n) is 1.72. The molecule has 0 aromatic carbocycles. The van der Waals surface area contributed by atoms with Crippen LogP contribution in [-0.4, -0.2) is 20.6 Å². The molecule has 38 valence electrons. The van der Waals surface area contributed by atoms with Crippen LogP contribution in [0.1, 0.15) is 5.82 Å². The van der Waals surface area contributed by atoms with Crippen LogP contribution in [0.5, 0.6) is 0 Å². The number of nitrogens with one attached hydrogen (secondary N) is 1. The van der Waals surface area contributed by atoms with E-state index >= 15 is 0 Å². The highest BCUT2D eigenvalue weighted by molar-refractivity contribution is 6.16. The molecule has 5 heteroatoms. The number of rotatable bonds is 1. The summed E-state index contributed by atoms with van der Waals surface area (Å²) in [6.45, 7) is 0. The van der Waals surface area contributed by atoms with Gasteiger partial charge < -0.3 is 0 Å². The first-order valence-corrected chi connectivity index (χ1v) is 2.25. The van der Waals surface area contributed by atoms with Gasteiger partial charge in [0.2, 0.25) is 0 Å². The van der Waals surface area contributed by atoms with Gasteiger partial charge in [-0.25, -0.2) is 0 Å². The second-order valence-electron chi connectivity index (χ2n) is 0.962. The lowest BCUT2D eigenvalue weighted by Gasteiger charge is -1.70. The molecule has 0 atom stereocenters. The van der Waals surface area contributed by atoms with Gasteiger partial charge in [0.1, 0.15) is 0 Å². The predicted octanol–water partition coefficient (Wildman–Crippen LogP) is -0.0615. The SMILES string of the molecule is ClCc1nn[nH]n1. The number of aromatic amines is 1. The lowest BCUT2D eigenvalue weighted by molar-refractivity contribution is 0.881. The summed E-state index contributed by atoms with van der Waals surface area (Å²) in [4.78, 5) is 0. The second-order valence-corrected chi connectivity index (χ2v) is 1.23. The van der Waals surface area contributed by atoms with Crippen LogP contribution in [0.2, 0.25) is 0 Å². The van der Waals surface area contributed by atoms with Crippen molar-refractivity contribution in [1.82, 2.24) is 20.6 Å². The summed E-state index contributed by atoms with van der Waals surface area (Å²) in [6, 6.07) is 0.